The van der Waals surface area contributed by atoms with Gasteiger partial charge in [0, 0.05) is 5.69 Å². The van der Waals surface area contributed by atoms with E-state index in [9.17, 15) is 9.18 Å². The second-order valence-corrected chi connectivity index (χ2v) is 7.63. The van der Waals surface area contributed by atoms with Crippen molar-refractivity contribution in [1.82, 2.24) is 10.2 Å². The first-order chi connectivity index (χ1) is 12.1. The molecule has 0 aliphatic carbocycles. The summed E-state index contributed by atoms with van der Waals surface area (Å²) in [6.07, 6.45) is 1.61. The molecule has 0 bridgehead atoms. The summed E-state index contributed by atoms with van der Waals surface area (Å²) in [4.78, 5) is 12.2. The summed E-state index contributed by atoms with van der Waals surface area (Å²) in [6.45, 7) is 2.30. The minimum Gasteiger partial charge on any atom is -0.467 e. The second-order valence-electron chi connectivity index (χ2n) is 5.06. The number of nitrogens with one attached hydrogen (secondary N) is 2. The molecule has 0 unspecified atom stereocenters. The number of benzene rings is 1. The van der Waals surface area contributed by atoms with Crippen molar-refractivity contribution in [2.24, 2.45) is 0 Å². The van der Waals surface area contributed by atoms with Crippen LogP contribution in [0.3, 0.4) is 0 Å². The van der Waals surface area contributed by atoms with E-state index >= 15 is 0 Å². The minimum absolute atomic E-state index is 0.183. The fraction of sp³-hybridized carbons (Fsp3) is 0.188. The fourth-order valence-electron chi connectivity index (χ4n) is 1.89. The number of carbonyl (C=O) groups excluding carboxylic acids is 1. The van der Waals surface area contributed by atoms with Gasteiger partial charge in [0.1, 0.15) is 11.6 Å². The molecule has 1 aromatic carbocycles. The lowest BCUT2D eigenvalue weighted by Crippen LogP contribution is -2.22. The lowest BCUT2D eigenvalue weighted by Gasteiger charge is -2.10. The van der Waals surface area contributed by atoms with Crippen molar-refractivity contribution in [2.45, 2.75) is 23.1 Å². The highest BCUT2D eigenvalue weighted by Gasteiger charge is 2.17. The van der Waals surface area contributed by atoms with E-state index in [1.807, 2.05) is 12.1 Å². The Kier molecular flexibility index (Phi) is 5.67. The van der Waals surface area contributed by atoms with Crippen molar-refractivity contribution in [3.05, 3.63) is 54.2 Å². The summed E-state index contributed by atoms with van der Waals surface area (Å²) in [5.74, 6) is 0.275. The fourth-order valence-corrected chi connectivity index (χ4v) is 3.78. The summed E-state index contributed by atoms with van der Waals surface area (Å²) in [5.41, 5.74) is 0.553. The molecule has 2 heterocycles. The largest absolute Gasteiger partial charge is 0.467 e. The van der Waals surface area contributed by atoms with Crippen LogP contribution in [-0.2, 0) is 11.3 Å². The number of anilines is 2. The Bertz CT molecular complexity index is 821. The van der Waals surface area contributed by atoms with Crippen molar-refractivity contribution in [1.29, 1.82) is 0 Å². The predicted molar refractivity (Wildman–Crippen MR) is 96.3 cm³/mol. The van der Waals surface area contributed by atoms with Crippen LogP contribution in [-0.4, -0.2) is 21.4 Å². The van der Waals surface area contributed by atoms with Gasteiger partial charge in [-0.05, 0) is 43.3 Å². The Morgan fingerprint density at radius 2 is 2.12 bits per heavy atom. The number of amides is 1. The van der Waals surface area contributed by atoms with E-state index < -0.39 is 0 Å². The molecule has 3 rings (SSSR count). The van der Waals surface area contributed by atoms with Crippen molar-refractivity contribution in [3.8, 4) is 0 Å². The van der Waals surface area contributed by atoms with Gasteiger partial charge in [0.05, 0.1) is 18.1 Å². The average molecular weight is 378 g/mol. The molecule has 0 aliphatic rings. The zero-order valence-corrected chi connectivity index (χ0v) is 14.9. The molecule has 130 valence electrons. The molecule has 6 nitrogen and oxygen atoms in total. The third-order valence-corrected chi connectivity index (χ3v) is 5.22. The van der Waals surface area contributed by atoms with Crippen LogP contribution in [0.15, 0.2) is 51.4 Å². The van der Waals surface area contributed by atoms with Crippen molar-refractivity contribution in [2.75, 3.05) is 10.6 Å². The summed E-state index contributed by atoms with van der Waals surface area (Å²) in [6, 6.07) is 9.33. The SMILES string of the molecule is C[C@H](Sc1nnc(NCc2ccco2)s1)C(=O)Nc1ccc(F)cc1. The Labute approximate surface area is 151 Å². The van der Waals surface area contributed by atoms with Crippen LogP contribution >= 0.6 is 23.1 Å². The summed E-state index contributed by atoms with van der Waals surface area (Å²) in [7, 11) is 0. The van der Waals surface area contributed by atoms with E-state index in [1.165, 1.54) is 47.4 Å². The zero-order valence-electron chi connectivity index (χ0n) is 13.2. The van der Waals surface area contributed by atoms with Crippen LogP contribution in [0.5, 0.6) is 0 Å². The standard InChI is InChI=1S/C16H15FN4O2S2/c1-10(14(22)19-12-6-4-11(17)5-7-12)24-16-21-20-15(25-16)18-9-13-3-2-8-23-13/h2-8,10H,9H2,1H3,(H,18,20)(H,19,22)/t10-/m0/s1. The van der Waals surface area contributed by atoms with Gasteiger partial charge in [-0.3, -0.25) is 4.79 Å². The molecular formula is C16H15FN4O2S2. The number of hydrogen-bond acceptors (Lipinski definition) is 7. The van der Waals surface area contributed by atoms with Crippen LogP contribution in [0.25, 0.3) is 0 Å². The van der Waals surface area contributed by atoms with Gasteiger partial charge >= 0.3 is 0 Å². The van der Waals surface area contributed by atoms with E-state index in [-0.39, 0.29) is 17.0 Å². The number of furan rings is 1. The van der Waals surface area contributed by atoms with Gasteiger partial charge in [-0.1, -0.05) is 23.1 Å². The highest BCUT2D eigenvalue weighted by atomic mass is 32.2. The van der Waals surface area contributed by atoms with Gasteiger partial charge in [-0.25, -0.2) is 4.39 Å². The Morgan fingerprint density at radius 1 is 1.32 bits per heavy atom. The van der Waals surface area contributed by atoms with Crippen LogP contribution in [0.2, 0.25) is 0 Å². The first-order valence-electron chi connectivity index (χ1n) is 7.43. The second kappa shape index (κ2) is 8.13. The molecule has 3 aromatic rings. The Hall–Kier alpha value is -2.39. The van der Waals surface area contributed by atoms with Crippen molar-refractivity contribution >= 4 is 39.8 Å². The van der Waals surface area contributed by atoms with Gasteiger partial charge in [0.2, 0.25) is 11.0 Å². The van der Waals surface area contributed by atoms with Crippen molar-refractivity contribution < 1.29 is 13.6 Å². The predicted octanol–water partition coefficient (Wildman–Crippen LogP) is 4.00. The molecule has 1 amide bonds. The van der Waals surface area contributed by atoms with E-state index in [0.717, 1.165) is 5.76 Å². The maximum Gasteiger partial charge on any atom is 0.237 e. The van der Waals surface area contributed by atoms with Crippen LogP contribution in [0.4, 0.5) is 15.2 Å². The number of halogens is 1. The van der Waals surface area contributed by atoms with Crippen molar-refractivity contribution in [3.63, 3.8) is 0 Å². The van der Waals surface area contributed by atoms with Gasteiger partial charge in [-0.15, -0.1) is 10.2 Å². The molecule has 0 aliphatic heterocycles. The molecule has 0 radical (unpaired) electrons. The average Bonchev–Trinajstić information content (AvgIpc) is 3.26. The van der Waals surface area contributed by atoms with Gasteiger partial charge in [-0.2, -0.15) is 0 Å². The maximum absolute atomic E-state index is 12.9. The first kappa shape index (κ1) is 17.4. The third-order valence-electron chi connectivity index (χ3n) is 3.16. The van der Waals surface area contributed by atoms with Crippen LogP contribution in [0, 0.1) is 5.82 Å². The molecule has 2 aromatic heterocycles. The number of aromatic nitrogens is 2. The molecule has 0 spiro atoms. The zero-order chi connectivity index (χ0) is 17.6. The van der Waals surface area contributed by atoms with Crippen LogP contribution < -0.4 is 10.6 Å². The number of hydrogen-bond donors (Lipinski definition) is 2. The molecule has 0 saturated heterocycles. The molecule has 0 fully saturated rings. The monoisotopic (exact) mass is 378 g/mol. The molecule has 0 saturated carbocycles. The first-order valence-corrected chi connectivity index (χ1v) is 9.12. The molecule has 9 heteroatoms. The molecule has 25 heavy (non-hydrogen) atoms. The summed E-state index contributed by atoms with van der Waals surface area (Å²) >= 11 is 2.68. The topological polar surface area (TPSA) is 80.1 Å². The van der Waals surface area contributed by atoms with Gasteiger partial charge in [0.25, 0.3) is 0 Å². The van der Waals surface area contributed by atoms with E-state index in [4.69, 9.17) is 4.42 Å². The number of rotatable bonds is 7. The molecule has 1 atom stereocenters. The molecular weight excluding hydrogens is 363 g/mol. The third kappa shape index (κ3) is 5.04. The lowest BCUT2D eigenvalue weighted by atomic mass is 10.3. The quantitative estimate of drug-likeness (QED) is 0.605. The smallest absolute Gasteiger partial charge is 0.237 e. The van der Waals surface area contributed by atoms with E-state index in [0.29, 0.717) is 21.7 Å². The van der Waals surface area contributed by atoms with Crippen LogP contribution in [0.1, 0.15) is 12.7 Å². The number of nitrogens with zero attached hydrogens (tertiary/aromatic N) is 2. The maximum atomic E-state index is 12.9. The lowest BCUT2D eigenvalue weighted by molar-refractivity contribution is -0.115. The summed E-state index contributed by atoms with van der Waals surface area (Å²) < 4.78 is 18.8. The van der Waals surface area contributed by atoms with Gasteiger partial charge < -0.3 is 15.1 Å². The highest BCUT2D eigenvalue weighted by Crippen LogP contribution is 2.29. The summed E-state index contributed by atoms with van der Waals surface area (Å²) in [5, 5.41) is 14.3. The number of carbonyl (C=O) groups is 1. The molecule has 2 N–H and O–H groups in total. The highest BCUT2D eigenvalue weighted by molar-refractivity contribution is 8.02. The Morgan fingerprint density at radius 3 is 2.84 bits per heavy atom. The Balaban J connectivity index is 1.51. The van der Waals surface area contributed by atoms with E-state index in [2.05, 4.69) is 20.8 Å². The van der Waals surface area contributed by atoms with E-state index in [1.54, 1.807) is 13.2 Å². The normalized spacial score (nSPS) is 11.9. The number of thioether (sulfide) groups is 1. The van der Waals surface area contributed by atoms with Gasteiger partial charge in [0.15, 0.2) is 4.34 Å². The minimum atomic E-state index is -0.365.